The molecule has 3 aromatic carbocycles. The largest absolute Gasteiger partial charge is 2.00 e. The Hall–Kier alpha value is -2.51. The van der Waals surface area contributed by atoms with Gasteiger partial charge in [-0.2, -0.15) is 0 Å². The van der Waals surface area contributed by atoms with Crippen LogP contribution in [0.3, 0.4) is 0 Å². The van der Waals surface area contributed by atoms with E-state index in [1.165, 1.54) is 84.7 Å². The van der Waals surface area contributed by atoms with Crippen LogP contribution >= 0.6 is 0 Å². The maximum atomic E-state index is 5.22. The summed E-state index contributed by atoms with van der Waals surface area (Å²) in [6, 6.07) is 22.5. The monoisotopic (exact) mass is 638 g/mol. The van der Waals surface area contributed by atoms with Crippen LogP contribution in [0.1, 0.15) is 122 Å². The smallest absolute Gasteiger partial charge is 0.358 e. The molecule has 3 rings (SSSR count). The Morgan fingerprint density at radius 2 is 1.20 bits per heavy atom. The minimum Gasteiger partial charge on any atom is -0.358 e. The van der Waals surface area contributed by atoms with E-state index in [9.17, 15) is 0 Å². The van der Waals surface area contributed by atoms with Gasteiger partial charge in [-0.3, -0.25) is 9.98 Å². The zero-order valence-electron chi connectivity index (χ0n) is 29.2. The summed E-state index contributed by atoms with van der Waals surface area (Å²) in [5.41, 5.74) is 12.6. The van der Waals surface area contributed by atoms with E-state index in [1.807, 2.05) is 0 Å². The van der Waals surface area contributed by atoms with Crippen molar-refractivity contribution in [2.45, 2.75) is 125 Å². The van der Waals surface area contributed by atoms with Crippen molar-refractivity contribution < 1.29 is 16.5 Å². The molecule has 0 aliphatic carbocycles. The zero-order valence-corrected chi connectivity index (χ0v) is 30.2. The van der Waals surface area contributed by atoms with E-state index in [0.717, 1.165) is 54.9 Å². The van der Waals surface area contributed by atoms with Crippen LogP contribution in [0.4, 0.5) is 11.4 Å². The summed E-state index contributed by atoms with van der Waals surface area (Å²) in [5, 5.41) is 0. The number of benzene rings is 3. The third-order valence-electron chi connectivity index (χ3n) is 8.05. The van der Waals surface area contributed by atoms with Gasteiger partial charge in [-0.1, -0.05) is 103 Å². The van der Waals surface area contributed by atoms with Crippen molar-refractivity contribution in [3.63, 3.8) is 0 Å². The van der Waals surface area contributed by atoms with Gasteiger partial charge in [0, 0.05) is 0 Å². The fourth-order valence-electron chi connectivity index (χ4n) is 5.73. The van der Waals surface area contributed by atoms with E-state index >= 15 is 0 Å². The second-order valence-corrected chi connectivity index (χ2v) is 11.5. The summed E-state index contributed by atoms with van der Waals surface area (Å²) in [5.74, 6) is 0. The van der Waals surface area contributed by atoms with Crippen molar-refractivity contribution >= 4 is 22.8 Å². The molecule has 3 aromatic rings. The van der Waals surface area contributed by atoms with E-state index < -0.39 is 0 Å². The van der Waals surface area contributed by atoms with E-state index in [2.05, 4.69) is 102 Å². The van der Waals surface area contributed by atoms with E-state index in [1.54, 1.807) is 0 Å². The molecular formula is C41H60N2Ni. The molecule has 0 unspecified atom stereocenters. The summed E-state index contributed by atoms with van der Waals surface area (Å²) in [7, 11) is 0. The Kier molecular flexibility index (Phi) is 21.6. The van der Waals surface area contributed by atoms with Gasteiger partial charge in [0.15, 0.2) is 0 Å². The Balaban J connectivity index is 0.00000616. The molecule has 0 fully saturated rings. The first-order valence-electron chi connectivity index (χ1n) is 16.5. The minimum atomic E-state index is 0. The van der Waals surface area contributed by atoms with Gasteiger partial charge >= 0.3 is 16.5 Å². The molecule has 0 bridgehead atoms. The molecule has 44 heavy (non-hydrogen) atoms. The molecule has 2 nitrogen and oxygen atoms in total. The number of unbranched alkanes of at least 4 members (excludes halogenated alkanes) is 5. The van der Waals surface area contributed by atoms with E-state index in [0.29, 0.717) is 0 Å². The molecule has 0 saturated carbocycles. The van der Waals surface area contributed by atoms with Gasteiger partial charge in [0.25, 0.3) is 0 Å². The number of aliphatic imine (C=N–C) groups is 2. The molecule has 3 heteroatoms. The number of nitrogens with zero attached hydrogens (tertiary/aromatic N) is 2. The van der Waals surface area contributed by atoms with Crippen LogP contribution in [0.5, 0.6) is 0 Å². The van der Waals surface area contributed by atoms with Crippen molar-refractivity contribution in [2.24, 2.45) is 9.98 Å². The average molecular weight is 640 g/mol. The first-order valence-corrected chi connectivity index (χ1v) is 16.5. The van der Waals surface area contributed by atoms with Crippen LogP contribution in [0.15, 0.2) is 70.6 Å². The first-order chi connectivity index (χ1) is 20.0. The Bertz CT molecular complexity index is 1270. The van der Waals surface area contributed by atoms with E-state index in [4.69, 9.17) is 9.98 Å². The van der Waals surface area contributed by atoms with Crippen LogP contribution in [0, 0.1) is 14.9 Å². The molecule has 0 amide bonds. The van der Waals surface area contributed by atoms with Crippen molar-refractivity contribution in [2.75, 3.05) is 0 Å². The third-order valence-corrected chi connectivity index (χ3v) is 8.05. The summed E-state index contributed by atoms with van der Waals surface area (Å²) < 4.78 is 0. The molecule has 0 radical (unpaired) electrons. The van der Waals surface area contributed by atoms with Crippen molar-refractivity contribution in [1.82, 2.24) is 0 Å². The molecule has 0 saturated heterocycles. The second kappa shape index (κ2) is 22.9. The van der Waals surface area contributed by atoms with Gasteiger partial charge < -0.3 is 14.9 Å². The molecule has 0 aliphatic heterocycles. The minimum absolute atomic E-state index is 0. The average Bonchev–Trinajstić information content (AvgIpc) is 3.00. The predicted octanol–water partition coefficient (Wildman–Crippen LogP) is 12.9. The van der Waals surface area contributed by atoms with Gasteiger partial charge in [0.2, 0.25) is 0 Å². The number of rotatable bonds is 17. The van der Waals surface area contributed by atoms with Gasteiger partial charge in [0.05, 0.1) is 22.8 Å². The molecule has 0 spiro atoms. The fraction of sp³-hybridized carbons (Fsp3) is 0.463. The summed E-state index contributed by atoms with van der Waals surface area (Å²) in [6.07, 6.45) is 15.3. The second-order valence-electron chi connectivity index (χ2n) is 11.5. The van der Waals surface area contributed by atoms with Crippen molar-refractivity contribution in [3.05, 3.63) is 97.8 Å². The van der Waals surface area contributed by atoms with Gasteiger partial charge in [-0.15, -0.1) is 0 Å². The normalized spacial score (nSPS) is 11.4. The van der Waals surface area contributed by atoms with Gasteiger partial charge in [0.1, 0.15) is 0 Å². The van der Waals surface area contributed by atoms with E-state index in [-0.39, 0.29) is 31.3 Å². The Morgan fingerprint density at radius 3 is 1.80 bits per heavy atom. The Labute approximate surface area is 282 Å². The molecular weight excluding hydrogens is 579 g/mol. The molecule has 0 aromatic heterocycles. The van der Waals surface area contributed by atoms with Crippen molar-refractivity contribution in [3.8, 4) is 11.1 Å². The molecule has 0 aliphatic rings. The van der Waals surface area contributed by atoms with Crippen LogP contribution in [0.2, 0.25) is 0 Å². The number of aryl methyl sites for hydroxylation is 3. The van der Waals surface area contributed by atoms with Crippen LogP contribution in [-0.2, 0) is 42.2 Å². The molecule has 0 N–H and O–H groups in total. The molecule has 0 heterocycles. The summed E-state index contributed by atoms with van der Waals surface area (Å²) in [6.45, 7) is 13.4. The number of hydrogen-bond acceptors (Lipinski definition) is 2. The van der Waals surface area contributed by atoms with Crippen LogP contribution in [-0.4, -0.2) is 11.4 Å². The Morgan fingerprint density at radius 1 is 0.614 bits per heavy atom. The maximum absolute atomic E-state index is 5.22. The third kappa shape index (κ3) is 12.8. The SMILES string of the molecule is CCCCCCc1cc(CCCC)cc(N=C(CC)C(C)=Nc2cc(CCCC)c(CC)c(-c3ccccc3)c2)c1.[CH3-].[CH3-].[Ni+2]. The standard InChI is InChI=1S/C39H54N2.2CH3.Ni/c1-7-12-15-17-21-32-25-31(20-13-8-2)26-35(27-32)41-39(11-5)30(6)40-36-28-34(22-14-9-3)37(10-4)38(29-36)33-23-18-16-19-24-33;;;/h16,18-19,23-29H,7-15,17,20-22H2,1-6H3;2*1H3;/q;2*-1;+2. The fourth-order valence-corrected chi connectivity index (χ4v) is 5.73. The summed E-state index contributed by atoms with van der Waals surface area (Å²) in [4.78, 5) is 10.4. The zero-order chi connectivity index (χ0) is 29.5. The van der Waals surface area contributed by atoms with Gasteiger partial charge in [-0.25, -0.2) is 0 Å². The van der Waals surface area contributed by atoms with Gasteiger partial charge in [-0.05, 0) is 116 Å². The quantitative estimate of drug-likeness (QED) is 0.0608. The van der Waals surface area contributed by atoms with Crippen molar-refractivity contribution in [1.29, 1.82) is 0 Å². The van der Waals surface area contributed by atoms with Crippen LogP contribution in [0.25, 0.3) is 11.1 Å². The van der Waals surface area contributed by atoms with Crippen LogP contribution < -0.4 is 0 Å². The predicted molar refractivity (Wildman–Crippen MR) is 196 cm³/mol. The first kappa shape index (κ1) is 41.5. The summed E-state index contributed by atoms with van der Waals surface area (Å²) >= 11 is 0. The topological polar surface area (TPSA) is 24.7 Å². The molecule has 244 valence electrons. The number of hydrogen-bond donors (Lipinski definition) is 0. The molecule has 0 atom stereocenters. The maximum Gasteiger partial charge on any atom is 2.00 e.